The van der Waals surface area contributed by atoms with E-state index < -0.39 is 5.97 Å². The number of imidazole rings is 1. The Morgan fingerprint density at radius 3 is 3.00 bits per heavy atom. The average molecular weight is 325 g/mol. The van der Waals surface area contributed by atoms with Crippen LogP contribution >= 0.6 is 23.4 Å². The maximum atomic E-state index is 10.9. The third kappa shape index (κ3) is 2.90. The Bertz CT molecular complexity index is 686. The number of hydrogen-bond acceptors (Lipinski definition) is 3. The Labute approximate surface area is 132 Å². The lowest BCUT2D eigenvalue weighted by molar-refractivity contribution is -0.133. The number of carboxylic acids is 1. The minimum absolute atomic E-state index is 0.0171. The SMILES string of the molecule is CC1CCC(n2c(SCC(=O)O)nc3cccc(Cl)c32)C1. The largest absolute Gasteiger partial charge is 0.481 e. The van der Waals surface area contributed by atoms with Crippen LogP contribution in [-0.2, 0) is 4.79 Å². The fourth-order valence-electron chi connectivity index (χ4n) is 3.06. The lowest BCUT2D eigenvalue weighted by Gasteiger charge is -2.16. The number of carboxylic acid groups (broad SMARTS) is 1. The van der Waals surface area contributed by atoms with E-state index >= 15 is 0 Å². The van der Waals surface area contributed by atoms with Crippen LogP contribution in [0.2, 0.25) is 5.02 Å². The van der Waals surface area contributed by atoms with Crippen molar-refractivity contribution in [1.82, 2.24) is 9.55 Å². The fraction of sp³-hybridized carbons (Fsp3) is 0.467. The van der Waals surface area contributed by atoms with Crippen LogP contribution in [0, 0.1) is 5.92 Å². The lowest BCUT2D eigenvalue weighted by Crippen LogP contribution is -2.08. The van der Waals surface area contributed by atoms with E-state index in [0.717, 1.165) is 29.0 Å². The van der Waals surface area contributed by atoms with Crippen molar-refractivity contribution in [1.29, 1.82) is 0 Å². The maximum Gasteiger partial charge on any atom is 0.313 e. The molecule has 3 rings (SSSR count). The molecule has 0 saturated heterocycles. The van der Waals surface area contributed by atoms with Gasteiger partial charge in [0.25, 0.3) is 0 Å². The van der Waals surface area contributed by atoms with Gasteiger partial charge >= 0.3 is 5.97 Å². The minimum atomic E-state index is -0.829. The van der Waals surface area contributed by atoms with Crippen LogP contribution in [0.1, 0.15) is 32.2 Å². The number of nitrogens with zero attached hydrogens (tertiary/aromatic N) is 2. The van der Waals surface area contributed by atoms with Gasteiger partial charge in [0.05, 0.1) is 21.8 Å². The number of carbonyl (C=O) groups is 1. The van der Waals surface area contributed by atoms with Gasteiger partial charge in [-0.25, -0.2) is 4.98 Å². The smallest absolute Gasteiger partial charge is 0.313 e. The molecule has 0 bridgehead atoms. The molecule has 1 fully saturated rings. The van der Waals surface area contributed by atoms with Crippen molar-refractivity contribution < 1.29 is 9.90 Å². The van der Waals surface area contributed by atoms with Gasteiger partial charge in [0.1, 0.15) is 0 Å². The second kappa shape index (κ2) is 5.89. The molecule has 0 amide bonds. The molecule has 1 heterocycles. The molecule has 2 unspecified atom stereocenters. The number of thioether (sulfide) groups is 1. The summed E-state index contributed by atoms with van der Waals surface area (Å²) in [6, 6.07) is 6.04. The first-order valence-electron chi connectivity index (χ1n) is 7.07. The maximum absolute atomic E-state index is 10.9. The van der Waals surface area contributed by atoms with Gasteiger partial charge in [0.2, 0.25) is 0 Å². The molecule has 1 aliphatic carbocycles. The van der Waals surface area contributed by atoms with E-state index in [1.54, 1.807) is 0 Å². The average Bonchev–Trinajstić information content (AvgIpc) is 3.00. The summed E-state index contributed by atoms with van der Waals surface area (Å²) in [4.78, 5) is 15.4. The first kappa shape index (κ1) is 14.7. The summed E-state index contributed by atoms with van der Waals surface area (Å²) in [7, 11) is 0. The highest BCUT2D eigenvalue weighted by atomic mass is 35.5. The minimum Gasteiger partial charge on any atom is -0.481 e. The molecule has 1 aliphatic rings. The summed E-state index contributed by atoms with van der Waals surface area (Å²) in [6.07, 6.45) is 3.38. The second-order valence-electron chi connectivity index (χ2n) is 5.63. The highest BCUT2D eigenvalue weighted by Crippen LogP contribution is 2.40. The van der Waals surface area contributed by atoms with Crippen molar-refractivity contribution in [3.05, 3.63) is 23.2 Å². The zero-order chi connectivity index (χ0) is 15.0. The molecule has 1 saturated carbocycles. The molecule has 0 radical (unpaired) electrons. The van der Waals surface area contributed by atoms with Crippen LogP contribution in [0.5, 0.6) is 0 Å². The number of fused-ring (bicyclic) bond motifs is 1. The van der Waals surface area contributed by atoms with Gasteiger partial charge in [0, 0.05) is 6.04 Å². The van der Waals surface area contributed by atoms with Crippen LogP contribution in [0.3, 0.4) is 0 Å². The van der Waals surface area contributed by atoms with Gasteiger partial charge < -0.3 is 9.67 Å². The third-order valence-corrected chi connectivity index (χ3v) is 5.23. The summed E-state index contributed by atoms with van der Waals surface area (Å²) in [5.74, 6) is -0.125. The van der Waals surface area contributed by atoms with E-state index in [9.17, 15) is 4.79 Å². The molecule has 4 nitrogen and oxygen atoms in total. The van der Waals surface area contributed by atoms with E-state index in [1.807, 2.05) is 18.2 Å². The van der Waals surface area contributed by atoms with Crippen molar-refractivity contribution in [3.63, 3.8) is 0 Å². The number of benzene rings is 1. The van der Waals surface area contributed by atoms with Crippen LogP contribution < -0.4 is 0 Å². The molecule has 2 aromatic rings. The van der Waals surface area contributed by atoms with Gasteiger partial charge in [-0.15, -0.1) is 0 Å². The number of para-hydroxylation sites is 1. The van der Waals surface area contributed by atoms with Crippen LogP contribution in [-0.4, -0.2) is 26.4 Å². The summed E-state index contributed by atoms with van der Waals surface area (Å²) in [5.41, 5.74) is 1.78. The third-order valence-electron chi connectivity index (χ3n) is 3.99. The van der Waals surface area contributed by atoms with Gasteiger partial charge in [0.15, 0.2) is 5.16 Å². The Morgan fingerprint density at radius 2 is 2.33 bits per heavy atom. The Kier molecular flexibility index (Phi) is 4.13. The Hall–Kier alpha value is -1.20. The first-order valence-corrected chi connectivity index (χ1v) is 8.43. The molecule has 112 valence electrons. The van der Waals surface area contributed by atoms with Crippen molar-refractivity contribution in [3.8, 4) is 0 Å². The summed E-state index contributed by atoms with van der Waals surface area (Å²) in [6.45, 7) is 2.25. The first-order chi connectivity index (χ1) is 10.1. The fourth-order valence-corrected chi connectivity index (χ4v) is 4.12. The lowest BCUT2D eigenvalue weighted by atomic mass is 10.1. The normalized spacial score (nSPS) is 22.0. The predicted octanol–water partition coefficient (Wildman–Crippen LogP) is 4.23. The molecule has 1 N–H and O–H groups in total. The molecule has 0 spiro atoms. The molecule has 21 heavy (non-hydrogen) atoms. The van der Waals surface area contributed by atoms with Gasteiger partial charge in [-0.05, 0) is 37.3 Å². The summed E-state index contributed by atoms with van der Waals surface area (Å²) < 4.78 is 2.16. The van der Waals surface area contributed by atoms with Gasteiger partial charge in [-0.3, -0.25) is 4.79 Å². The highest BCUT2D eigenvalue weighted by molar-refractivity contribution is 7.99. The number of hydrogen-bond donors (Lipinski definition) is 1. The van der Waals surface area contributed by atoms with Gasteiger partial charge in [-0.1, -0.05) is 36.4 Å². The van der Waals surface area contributed by atoms with E-state index in [0.29, 0.717) is 17.0 Å². The van der Waals surface area contributed by atoms with E-state index in [-0.39, 0.29) is 5.75 Å². The van der Waals surface area contributed by atoms with Crippen molar-refractivity contribution in [2.75, 3.05) is 5.75 Å². The zero-order valence-electron chi connectivity index (χ0n) is 11.8. The number of aliphatic carboxylic acids is 1. The topological polar surface area (TPSA) is 55.1 Å². The Morgan fingerprint density at radius 1 is 1.52 bits per heavy atom. The highest BCUT2D eigenvalue weighted by Gasteiger charge is 2.27. The number of halogens is 1. The molecule has 0 aliphatic heterocycles. The second-order valence-corrected chi connectivity index (χ2v) is 6.98. The quantitative estimate of drug-likeness (QED) is 0.855. The van der Waals surface area contributed by atoms with E-state index in [2.05, 4.69) is 16.5 Å². The van der Waals surface area contributed by atoms with Crippen molar-refractivity contribution in [2.45, 2.75) is 37.4 Å². The molecule has 1 aromatic carbocycles. The molecule has 6 heteroatoms. The summed E-state index contributed by atoms with van der Waals surface area (Å²) in [5, 5.41) is 10.4. The van der Waals surface area contributed by atoms with Crippen molar-refractivity contribution in [2.24, 2.45) is 5.92 Å². The standard InChI is InChI=1S/C15H17ClN2O2S/c1-9-5-6-10(7-9)18-14-11(16)3-2-4-12(14)17-15(18)21-8-13(19)20/h2-4,9-10H,5-8H2,1H3,(H,19,20). The Balaban J connectivity index is 2.08. The summed E-state index contributed by atoms with van der Waals surface area (Å²) >= 11 is 7.64. The van der Waals surface area contributed by atoms with Crippen molar-refractivity contribution >= 4 is 40.4 Å². The van der Waals surface area contributed by atoms with Crippen LogP contribution in [0.25, 0.3) is 11.0 Å². The molecular weight excluding hydrogens is 308 g/mol. The molecular formula is C15H17ClN2O2S. The number of rotatable bonds is 4. The van der Waals surface area contributed by atoms with E-state index in [4.69, 9.17) is 16.7 Å². The molecule has 1 aromatic heterocycles. The van der Waals surface area contributed by atoms with Gasteiger partial charge in [-0.2, -0.15) is 0 Å². The monoisotopic (exact) mass is 324 g/mol. The van der Waals surface area contributed by atoms with Crippen LogP contribution in [0.4, 0.5) is 0 Å². The zero-order valence-corrected chi connectivity index (χ0v) is 13.3. The van der Waals surface area contributed by atoms with E-state index in [1.165, 1.54) is 18.2 Å². The van der Waals surface area contributed by atoms with Crippen LogP contribution in [0.15, 0.2) is 23.4 Å². The molecule has 2 atom stereocenters. The number of aromatic nitrogens is 2. The predicted molar refractivity (Wildman–Crippen MR) is 85.2 cm³/mol.